The van der Waals surface area contributed by atoms with Gasteiger partial charge in [0.25, 0.3) is 0 Å². The van der Waals surface area contributed by atoms with Gasteiger partial charge in [0.1, 0.15) is 5.76 Å². The predicted molar refractivity (Wildman–Crippen MR) is 85.5 cm³/mol. The summed E-state index contributed by atoms with van der Waals surface area (Å²) >= 11 is 3.77. The Labute approximate surface area is 133 Å². The van der Waals surface area contributed by atoms with Crippen molar-refractivity contribution in [3.8, 4) is 11.5 Å². The molecule has 21 heavy (non-hydrogen) atoms. The first kappa shape index (κ1) is 14.5. The van der Waals surface area contributed by atoms with Gasteiger partial charge in [-0.25, -0.2) is 0 Å². The van der Waals surface area contributed by atoms with Gasteiger partial charge in [0, 0.05) is 17.9 Å². The van der Waals surface area contributed by atoms with E-state index in [1.807, 2.05) is 12.1 Å². The summed E-state index contributed by atoms with van der Waals surface area (Å²) in [6.07, 6.45) is 2.62. The fourth-order valence-electron chi connectivity index (χ4n) is 2.47. The second kappa shape index (κ2) is 6.14. The highest BCUT2D eigenvalue weighted by molar-refractivity contribution is 9.09. The molecule has 0 saturated heterocycles. The third-order valence-corrected chi connectivity index (χ3v) is 4.70. The van der Waals surface area contributed by atoms with Crippen LogP contribution in [0.2, 0.25) is 0 Å². The lowest BCUT2D eigenvalue weighted by molar-refractivity contribution is 0.228. The van der Waals surface area contributed by atoms with Crippen molar-refractivity contribution >= 4 is 15.9 Å². The van der Waals surface area contributed by atoms with Gasteiger partial charge < -0.3 is 13.9 Å². The van der Waals surface area contributed by atoms with Gasteiger partial charge >= 0.3 is 0 Å². The molecular formula is C17H19BrO3. The number of ether oxygens (including phenoxy) is 2. The Kier molecular flexibility index (Phi) is 4.24. The Morgan fingerprint density at radius 3 is 2.71 bits per heavy atom. The van der Waals surface area contributed by atoms with Crippen LogP contribution in [0.4, 0.5) is 0 Å². The number of furan rings is 1. The molecule has 0 N–H and O–H groups in total. The number of halogens is 1. The van der Waals surface area contributed by atoms with Crippen molar-refractivity contribution in [2.24, 2.45) is 5.92 Å². The molecular weight excluding hydrogens is 332 g/mol. The number of fused-ring (bicyclic) bond motifs is 1. The molecule has 3 rings (SSSR count). The Balaban J connectivity index is 1.90. The number of alkyl halides is 1. The lowest BCUT2D eigenvalue weighted by Crippen LogP contribution is -2.12. The van der Waals surface area contributed by atoms with Gasteiger partial charge in [0.05, 0.1) is 24.3 Å². The molecule has 0 radical (unpaired) electrons. The Hall–Kier alpha value is -1.42. The van der Waals surface area contributed by atoms with Crippen molar-refractivity contribution in [2.75, 3.05) is 13.2 Å². The third kappa shape index (κ3) is 2.95. The highest BCUT2D eigenvalue weighted by Gasteiger charge is 2.20. The minimum Gasteiger partial charge on any atom is -0.489 e. The van der Waals surface area contributed by atoms with Crippen molar-refractivity contribution in [1.29, 1.82) is 0 Å². The number of benzene rings is 1. The molecule has 2 atom stereocenters. The summed E-state index contributed by atoms with van der Waals surface area (Å²) in [5.41, 5.74) is 2.31. The van der Waals surface area contributed by atoms with E-state index in [-0.39, 0.29) is 4.83 Å². The van der Waals surface area contributed by atoms with Crippen LogP contribution >= 0.6 is 15.9 Å². The normalized spacial score (nSPS) is 19.1. The Bertz CT molecular complexity index is 620. The topological polar surface area (TPSA) is 31.6 Å². The molecule has 2 unspecified atom stereocenters. The third-order valence-electron chi connectivity index (χ3n) is 3.68. The number of rotatable bonds is 3. The first-order valence-electron chi connectivity index (χ1n) is 7.29. The molecule has 1 aliphatic rings. The van der Waals surface area contributed by atoms with Gasteiger partial charge in [-0.05, 0) is 23.8 Å². The van der Waals surface area contributed by atoms with E-state index in [4.69, 9.17) is 13.9 Å². The molecule has 2 heterocycles. The molecule has 0 bridgehead atoms. The number of hydrogen-bond donors (Lipinski definition) is 0. The molecule has 1 aliphatic heterocycles. The van der Waals surface area contributed by atoms with Gasteiger partial charge in [-0.1, -0.05) is 35.8 Å². The SMILES string of the molecule is CCc1occc1C(Br)c1ccc2c(c1)OCC(C)CO2. The van der Waals surface area contributed by atoms with Crippen LogP contribution in [-0.2, 0) is 6.42 Å². The number of hydrogen-bond acceptors (Lipinski definition) is 3. The van der Waals surface area contributed by atoms with Crippen LogP contribution in [0.25, 0.3) is 0 Å². The van der Waals surface area contributed by atoms with Gasteiger partial charge in [-0.2, -0.15) is 0 Å². The molecule has 0 spiro atoms. The van der Waals surface area contributed by atoms with E-state index in [1.165, 1.54) is 5.56 Å². The van der Waals surface area contributed by atoms with Crippen LogP contribution in [0.3, 0.4) is 0 Å². The minimum atomic E-state index is 0.0979. The van der Waals surface area contributed by atoms with Crippen molar-refractivity contribution in [3.63, 3.8) is 0 Å². The van der Waals surface area contributed by atoms with E-state index in [0.29, 0.717) is 19.1 Å². The van der Waals surface area contributed by atoms with Crippen LogP contribution in [0.5, 0.6) is 11.5 Å². The Morgan fingerprint density at radius 2 is 1.95 bits per heavy atom. The lowest BCUT2D eigenvalue weighted by Gasteiger charge is -2.13. The molecule has 1 aromatic carbocycles. The molecule has 0 amide bonds. The quantitative estimate of drug-likeness (QED) is 0.749. The smallest absolute Gasteiger partial charge is 0.161 e. The summed E-state index contributed by atoms with van der Waals surface area (Å²) in [5, 5.41) is 0. The van der Waals surface area contributed by atoms with Crippen LogP contribution in [0.15, 0.2) is 34.9 Å². The molecule has 4 heteroatoms. The van der Waals surface area contributed by atoms with Crippen molar-refractivity contribution in [2.45, 2.75) is 25.1 Å². The van der Waals surface area contributed by atoms with E-state index in [2.05, 4.69) is 41.9 Å². The van der Waals surface area contributed by atoms with E-state index >= 15 is 0 Å². The molecule has 0 fully saturated rings. The van der Waals surface area contributed by atoms with Crippen LogP contribution in [-0.4, -0.2) is 13.2 Å². The lowest BCUT2D eigenvalue weighted by atomic mass is 10.0. The van der Waals surface area contributed by atoms with E-state index in [9.17, 15) is 0 Å². The zero-order valence-electron chi connectivity index (χ0n) is 12.3. The summed E-state index contributed by atoms with van der Waals surface area (Å²) in [4.78, 5) is 0.0979. The predicted octanol–water partition coefficient (Wildman–Crippen LogP) is 4.73. The first-order chi connectivity index (χ1) is 10.2. The molecule has 0 aliphatic carbocycles. The molecule has 3 nitrogen and oxygen atoms in total. The van der Waals surface area contributed by atoms with Gasteiger partial charge in [0.15, 0.2) is 11.5 Å². The van der Waals surface area contributed by atoms with E-state index < -0.39 is 0 Å². The highest BCUT2D eigenvalue weighted by atomic mass is 79.9. The maximum absolute atomic E-state index is 5.86. The molecule has 112 valence electrons. The molecule has 1 aromatic heterocycles. The summed E-state index contributed by atoms with van der Waals surface area (Å²) in [7, 11) is 0. The summed E-state index contributed by atoms with van der Waals surface area (Å²) in [6.45, 7) is 5.61. The van der Waals surface area contributed by atoms with Gasteiger partial charge in [0.2, 0.25) is 0 Å². The Morgan fingerprint density at radius 1 is 1.19 bits per heavy atom. The largest absolute Gasteiger partial charge is 0.489 e. The first-order valence-corrected chi connectivity index (χ1v) is 8.20. The van der Waals surface area contributed by atoms with Crippen LogP contribution in [0, 0.1) is 5.92 Å². The summed E-state index contributed by atoms with van der Waals surface area (Å²) in [5.74, 6) is 3.06. The zero-order chi connectivity index (χ0) is 14.8. The number of aryl methyl sites for hydroxylation is 1. The average molecular weight is 351 g/mol. The fourth-order valence-corrected chi connectivity index (χ4v) is 3.16. The minimum absolute atomic E-state index is 0.0979. The zero-order valence-corrected chi connectivity index (χ0v) is 13.9. The molecule has 0 saturated carbocycles. The monoisotopic (exact) mass is 350 g/mol. The second-order valence-corrected chi connectivity index (χ2v) is 6.36. The second-order valence-electron chi connectivity index (χ2n) is 5.45. The van der Waals surface area contributed by atoms with Crippen molar-refractivity contribution in [3.05, 3.63) is 47.4 Å². The van der Waals surface area contributed by atoms with E-state index in [1.54, 1.807) is 6.26 Å². The van der Waals surface area contributed by atoms with Crippen molar-refractivity contribution in [1.82, 2.24) is 0 Å². The van der Waals surface area contributed by atoms with Crippen LogP contribution < -0.4 is 9.47 Å². The van der Waals surface area contributed by atoms with E-state index in [0.717, 1.165) is 29.2 Å². The molecule has 2 aromatic rings. The van der Waals surface area contributed by atoms with Gasteiger partial charge in [-0.15, -0.1) is 0 Å². The highest BCUT2D eigenvalue weighted by Crippen LogP contribution is 2.39. The standard InChI is InChI=1S/C17H19BrO3/c1-3-14-13(6-7-19-14)17(18)12-4-5-15-16(8-12)21-10-11(2)9-20-15/h4-8,11,17H,3,9-10H2,1-2H3. The average Bonchev–Trinajstić information content (AvgIpc) is 2.91. The maximum Gasteiger partial charge on any atom is 0.161 e. The maximum atomic E-state index is 5.86. The van der Waals surface area contributed by atoms with Gasteiger partial charge in [-0.3, -0.25) is 0 Å². The fraction of sp³-hybridized carbons (Fsp3) is 0.412. The van der Waals surface area contributed by atoms with Crippen LogP contribution in [0.1, 0.15) is 35.6 Å². The summed E-state index contributed by atoms with van der Waals surface area (Å²) in [6, 6.07) is 8.13. The van der Waals surface area contributed by atoms with Crippen molar-refractivity contribution < 1.29 is 13.9 Å². The summed E-state index contributed by atoms with van der Waals surface area (Å²) < 4.78 is 17.1.